The van der Waals surface area contributed by atoms with E-state index in [1.807, 2.05) is 17.5 Å². The van der Waals surface area contributed by atoms with Gasteiger partial charge in [-0.3, -0.25) is 9.59 Å². The maximum atomic E-state index is 12.1. The maximum Gasteiger partial charge on any atom is 0.227 e. The average molecular weight is 370 g/mol. The Morgan fingerprint density at radius 2 is 1.77 bits per heavy atom. The monoisotopic (exact) mass is 370 g/mol. The molecule has 3 rings (SSSR count). The number of nitrogens with one attached hydrogen (secondary N) is 2. The minimum atomic E-state index is -0.147. The van der Waals surface area contributed by atoms with E-state index in [1.54, 1.807) is 31.2 Å². The number of rotatable bonds is 7. The predicted molar refractivity (Wildman–Crippen MR) is 99.9 cm³/mol. The van der Waals surface area contributed by atoms with Gasteiger partial charge >= 0.3 is 0 Å². The number of carbonyl (C=O) groups excluding carboxylic acids is 2. The quantitative estimate of drug-likeness (QED) is 0.661. The second-order valence-corrected chi connectivity index (χ2v) is 6.46. The molecule has 0 saturated carbocycles. The number of hydrogen-bond donors (Lipinski definition) is 2. The molecule has 0 fully saturated rings. The van der Waals surface area contributed by atoms with Gasteiger partial charge in [0.15, 0.2) is 0 Å². The van der Waals surface area contributed by atoms with Crippen molar-refractivity contribution < 1.29 is 14.1 Å². The van der Waals surface area contributed by atoms with Crippen molar-refractivity contribution in [1.29, 1.82) is 0 Å². The molecule has 0 unspecified atom stereocenters. The SMILES string of the molecule is CCC(=O)Nc1ccc(NC(=O)CCc2nc(-c3cccs3)no2)cc1. The van der Waals surface area contributed by atoms with Crippen molar-refractivity contribution in [2.75, 3.05) is 10.6 Å². The van der Waals surface area contributed by atoms with Crippen molar-refractivity contribution >= 4 is 34.5 Å². The average Bonchev–Trinajstić information content (AvgIpc) is 3.33. The van der Waals surface area contributed by atoms with Gasteiger partial charge in [0, 0.05) is 30.6 Å². The fourth-order valence-corrected chi connectivity index (χ4v) is 2.84. The molecule has 2 heterocycles. The number of anilines is 2. The summed E-state index contributed by atoms with van der Waals surface area (Å²) in [6.07, 6.45) is 1.03. The first kappa shape index (κ1) is 17.8. The lowest BCUT2D eigenvalue weighted by Gasteiger charge is -2.07. The number of nitrogens with zero attached hydrogens (tertiary/aromatic N) is 2. The third-order valence-corrected chi connectivity index (χ3v) is 4.41. The van der Waals surface area contributed by atoms with E-state index < -0.39 is 0 Å². The van der Waals surface area contributed by atoms with E-state index in [2.05, 4.69) is 20.8 Å². The zero-order valence-corrected chi connectivity index (χ0v) is 15.0. The summed E-state index contributed by atoms with van der Waals surface area (Å²) in [5.41, 5.74) is 1.36. The summed E-state index contributed by atoms with van der Waals surface area (Å²) in [5.74, 6) is 0.774. The van der Waals surface area contributed by atoms with E-state index in [-0.39, 0.29) is 18.2 Å². The predicted octanol–water partition coefficient (Wildman–Crippen LogP) is 3.72. The first-order valence-electron chi connectivity index (χ1n) is 8.20. The number of aryl methyl sites for hydroxylation is 1. The first-order valence-corrected chi connectivity index (χ1v) is 9.08. The highest BCUT2D eigenvalue weighted by Crippen LogP contribution is 2.21. The molecular formula is C18H18N4O3S. The number of thiophene rings is 1. The summed E-state index contributed by atoms with van der Waals surface area (Å²) < 4.78 is 5.18. The molecule has 0 aliphatic carbocycles. The van der Waals surface area contributed by atoms with Crippen LogP contribution in [0.2, 0.25) is 0 Å². The summed E-state index contributed by atoms with van der Waals surface area (Å²) >= 11 is 1.53. The molecule has 0 spiro atoms. The van der Waals surface area contributed by atoms with Crippen LogP contribution in [0, 0.1) is 0 Å². The number of aromatic nitrogens is 2. The van der Waals surface area contributed by atoms with Gasteiger partial charge in [-0.1, -0.05) is 18.1 Å². The van der Waals surface area contributed by atoms with Gasteiger partial charge in [-0.15, -0.1) is 11.3 Å². The fraction of sp³-hybridized carbons (Fsp3) is 0.222. The largest absolute Gasteiger partial charge is 0.339 e. The van der Waals surface area contributed by atoms with E-state index in [4.69, 9.17) is 4.52 Å². The Bertz CT molecular complexity index is 872. The molecule has 2 aromatic heterocycles. The topological polar surface area (TPSA) is 97.1 Å². The van der Waals surface area contributed by atoms with Gasteiger partial charge in [-0.25, -0.2) is 0 Å². The maximum absolute atomic E-state index is 12.1. The van der Waals surface area contributed by atoms with Crippen LogP contribution in [0.15, 0.2) is 46.3 Å². The van der Waals surface area contributed by atoms with Gasteiger partial charge in [0.2, 0.25) is 23.5 Å². The molecule has 134 valence electrons. The second kappa shape index (κ2) is 8.39. The zero-order valence-electron chi connectivity index (χ0n) is 14.2. The number of carbonyl (C=O) groups is 2. The van der Waals surface area contributed by atoms with E-state index >= 15 is 0 Å². The molecular weight excluding hydrogens is 352 g/mol. The summed E-state index contributed by atoms with van der Waals surface area (Å²) in [6, 6.07) is 10.8. The molecule has 0 radical (unpaired) electrons. The third-order valence-electron chi connectivity index (χ3n) is 3.55. The smallest absolute Gasteiger partial charge is 0.227 e. The van der Waals surface area contributed by atoms with Crippen LogP contribution in [0.4, 0.5) is 11.4 Å². The van der Waals surface area contributed by atoms with Crippen LogP contribution in [0.5, 0.6) is 0 Å². The highest BCUT2D eigenvalue weighted by atomic mass is 32.1. The van der Waals surface area contributed by atoms with Gasteiger partial charge in [0.05, 0.1) is 4.88 Å². The lowest BCUT2D eigenvalue weighted by Crippen LogP contribution is -2.13. The molecule has 0 aliphatic heterocycles. The number of benzene rings is 1. The lowest BCUT2D eigenvalue weighted by molar-refractivity contribution is -0.116. The summed E-state index contributed by atoms with van der Waals surface area (Å²) in [7, 11) is 0. The van der Waals surface area contributed by atoms with Gasteiger partial charge < -0.3 is 15.2 Å². The van der Waals surface area contributed by atoms with E-state index in [1.165, 1.54) is 11.3 Å². The summed E-state index contributed by atoms with van der Waals surface area (Å²) in [6.45, 7) is 1.79. The molecule has 7 nitrogen and oxygen atoms in total. The number of hydrogen-bond acceptors (Lipinski definition) is 6. The molecule has 0 saturated heterocycles. The molecule has 0 atom stereocenters. The molecule has 0 aliphatic rings. The van der Waals surface area contributed by atoms with Crippen LogP contribution in [0.3, 0.4) is 0 Å². The van der Waals surface area contributed by atoms with Gasteiger partial charge in [0.1, 0.15) is 0 Å². The van der Waals surface area contributed by atoms with Crippen molar-refractivity contribution in [2.45, 2.75) is 26.2 Å². The van der Waals surface area contributed by atoms with Gasteiger partial charge in [0.25, 0.3) is 0 Å². The summed E-state index contributed by atoms with van der Waals surface area (Å²) in [5, 5.41) is 11.4. The Balaban J connectivity index is 1.49. The Kier molecular flexibility index (Phi) is 5.75. The molecule has 8 heteroatoms. The summed E-state index contributed by atoms with van der Waals surface area (Å²) in [4.78, 5) is 28.6. The van der Waals surface area contributed by atoms with Crippen molar-refractivity contribution in [3.05, 3.63) is 47.7 Å². The minimum absolute atomic E-state index is 0.0525. The fourth-order valence-electron chi connectivity index (χ4n) is 2.19. The molecule has 2 N–H and O–H groups in total. The lowest BCUT2D eigenvalue weighted by atomic mass is 10.2. The highest BCUT2D eigenvalue weighted by molar-refractivity contribution is 7.13. The Labute approximate surface area is 154 Å². The van der Waals surface area contributed by atoms with E-state index in [0.717, 1.165) is 4.88 Å². The van der Waals surface area contributed by atoms with Crippen molar-refractivity contribution in [2.24, 2.45) is 0 Å². The van der Waals surface area contributed by atoms with Crippen LogP contribution < -0.4 is 10.6 Å². The minimum Gasteiger partial charge on any atom is -0.339 e. The van der Waals surface area contributed by atoms with Gasteiger partial charge in [-0.2, -0.15) is 4.98 Å². The third kappa shape index (κ3) is 4.76. The van der Waals surface area contributed by atoms with Crippen LogP contribution in [-0.2, 0) is 16.0 Å². The molecule has 3 aromatic rings. The molecule has 2 amide bonds. The highest BCUT2D eigenvalue weighted by Gasteiger charge is 2.11. The van der Waals surface area contributed by atoms with E-state index in [0.29, 0.717) is 35.9 Å². The Morgan fingerprint density at radius 3 is 2.38 bits per heavy atom. The first-order chi connectivity index (χ1) is 12.6. The van der Waals surface area contributed by atoms with Gasteiger partial charge in [-0.05, 0) is 35.7 Å². The Morgan fingerprint density at radius 1 is 1.08 bits per heavy atom. The zero-order chi connectivity index (χ0) is 18.4. The van der Waals surface area contributed by atoms with Crippen LogP contribution in [0.25, 0.3) is 10.7 Å². The van der Waals surface area contributed by atoms with Crippen LogP contribution >= 0.6 is 11.3 Å². The normalized spacial score (nSPS) is 10.5. The van der Waals surface area contributed by atoms with Crippen molar-refractivity contribution in [1.82, 2.24) is 10.1 Å². The van der Waals surface area contributed by atoms with Crippen LogP contribution in [0.1, 0.15) is 25.7 Å². The van der Waals surface area contributed by atoms with E-state index in [9.17, 15) is 9.59 Å². The number of amides is 2. The molecule has 0 bridgehead atoms. The van der Waals surface area contributed by atoms with Crippen LogP contribution in [-0.4, -0.2) is 22.0 Å². The van der Waals surface area contributed by atoms with Crippen molar-refractivity contribution in [3.63, 3.8) is 0 Å². The standard InChI is InChI=1S/C18H18N4O3S/c1-2-15(23)19-12-5-7-13(8-6-12)20-16(24)9-10-17-21-18(22-25-17)14-4-3-11-26-14/h3-8,11H,2,9-10H2,1H3,(H,19,23)(H,20,24). The molecule has 26 heavy (non-hydrogen) atoms. The second-order valence-electron chi connectivity index (χ2n) is 5.52. The van der Waals surface area contributed by atoms with Crippen molar-refractivity contribution in [3.8, 4) is 10.7 Å². The molecule has 1 aromatic carbocycles. The Hall–Kier alpha value is -3.00.